The van der Waals surface area contributed by atoms with Gasteiger partial charge in [0.2, 0.25) is 5.91 Å². The first-order valence-corrected chi connectivity index (χ1v) is 12.0. The van der Waals surface area contributed by atoms with Crippen molar-refractivity contribution in [2.24, 2.45) is 0 Å². The van der Waals surface area contributed by atoms with Crippen molar-refractivity contribution in [2.45, 2.75) is 39.3 Å². The number of amides is 1. The van der Waals surface area contributed by atoms with Crippen LogP contribution < -0.4 is 10.6 Å². The molecule has 2 atom stereocenters. The van der Waals surface area contributed by atoms with Crippen molar-refractivity contribution in [2.75, 3.05) is 11.9 Å². The van der Waals surface area contributed by atoms with Crippen molar-refractivity contribution in [3.05, 3.63) is 80.4 Å². The molecule has 0 spiro atoms. The first-order chi connectivity index (χ1) is 15.3. The number of H-pyrrole nitrogens is 1. The number of anilines is 1. The van der Waals surface area contributed by atoms with E-state index in [1.54, 1.807) is 6.20 Å². The van der Waals surface area contributed by atoms with Gasteiger partial charge in [-0.25, -0.2) is 0 Å². The number of aryl methyl sites for hydroxylation is 3. The Bertz CT molecular complexity index is 1130. The van der Waals surface area contributed by atoms with E-state index in [0.717, 1.165) is 28.3 Å². The fourth-order valence-corrected chi connectivity index (χ4v) is 5.35. The molecule has 0 bridgehead atoms. The van der Waals surface area contributed by atoms with Crippen molar-refractivity contribution in [3.63, 3.8) is 0 Å². The van der Waals surface area contributed by atoms with Crippen molar-refractivity contribution in [1.82, 2.24) is 20.2 Å². The van der Waals surface area contributed by atoms with Crippen LogP contribution in [0.4, 0.5) is 5.69 Å². The molecular formula is C24H26IN5OS. The van der Waals surface area contributed by atoms with Crippen LogP contribution in [0.2, 0.25) is 0 Å². The molecule has 3 heterocycles. The van der Waals surface area contributed by atoms with Crippen LogP contribution >= 0.6 is 34.8 Å². The Balaban J connectivity index is 1.58. The second-order valence-corrected chi connectivity index (χ2v) is 9.55. The van der Waals surface area contributed by atoms with Gasteiger partial charge in [0.25, 0.3) is 0 Å². The predicted octanol–water partition coefficient (Wildman–Crippen LogP) is 4.94. The molecule has 4 rings (SSSR count). The van der Waals surface area contributed by atoms with Crippen molar-refractivity contribution in [1.29, 1.82) is 0 Å². The highest BCUT2D eigenvalue weighted by molar-refractivity contribution is 14.1. The zero-order chi connectivity index (χ0) is 22.8. The number of hydrogen-bond donors (Lipinski definition) is 3. The summed E-state index contributed by atoms with van der Waals surface area (Å²) in [4.78, 5) is 22.8. The zero-order valence-corrected chi connectivity index (χ0v) is 21.3. The number of nitrogens with zero attached hydrogens (tertiary/aromatic N) is 2. The van der Waals surface area contributed by atoms with Crippen LogP contribution in [0.25, 0.3) is 0 Å². The molecule has 1 aliphatic heterocycles. The lowest BCUT2D eigenvalue weighted by Crippen LogP contribution is -2.33. The van der Waals surface area contributed by atoms with E-state index < -0.39 is 0 Å². The molecule has 1 saturated heterocycles. The van der Waals surface area contributed by atoms with Gasteiger partial charge in [-0.1, -0.05) is 23.8 Å². The van der Waals surface area contributed by atoms with Crippen LogP contribution in [0, 0.1) is 24.3 Å². The van der Waals surface area contributed by atoms with E-state index >= 15 is 0 Å². The van der Waals surface area contributed by atoms with Crippen molar-refractivity contribution >= 4 is 51.5 Å². The normalized spacial score (nSPS) is 18.0. The monoisotopic (exact) mass is 559 g/mol. The van der Waals surface area contributed by atoms with E-state index in [1.165, 1.54) is 9.13 Å². The number of aromatic nitrogens is 2. The third kappa shape index (κ3) is 4.66. The number of thiocarbonyl (C=S) groups is 1. The first-order valence-electron chi connectivity index (χ1n) is 10.5. The van der Waals surface area contributed by atoms with Gasteiger partial charge in [0.1, 0.15) is 0 Å². The standard InChI is InChI=1S/C24H26IN5OS/c1-14-7-9-17(10-8-14)28-19(31)11-13-30-23(20-15(2)27-16(3)21(20)25)22(29-24(30)32)18-6-4-5-12-26-18/h4-10,12,22-23,27H,11,13H2,1-3H3,(H,28,31)(H,29,32)/t22-,23-/m1/s1. The van der Waals surface area contributed by atoms with E-state index in [4.69, 9.17) is 12.2 Å². The molecule has 1 fully saturated rings. The average molecular weight is 559 g/mol. The molecule has 1 aliphatic rings. The summed E-state index contributed by atoms with van der Waals surface area (Å²) >= 11 is 8.12. The van der Waals surface area contributed by atoms with Gasteiger partial charge in [0.15, 0.2) is 5.11 Å². The summed E-state index contributed by atoms with van der Waals surface area (Å²) in [5.41, 5.74) is 6.33. The summed E-state index contributed by atoms with van der Waals surface area (Å²) in [5.74, 6) is -0.0339. The van der Waals surface area contributed by atoms with Crippen LogP contribution in [0.1, 0.15) is 46.7 Å². The maximum Gasteiger partial charge on any atom is 0.226 e. The highest BCUT2D eigenvalue weighted by atomic mass is 127. The number of hydrogen-bond acceptors (Lipinski definition) is 3. The summed E-state index contributed by atoms with van der Waals surface area (Å²) in [6, 6.07) is 13.6. The van der Waals surface area contributed by atoms with Crippen LogP contribution in [0.15, 0.2) is 48.7 Å². The number of aromatic amines is 1. The van der Waals surface area contributed by atoms with Crippen molar-refractivity contribution < 1.29 is 4.79 Å². The second-order valence-electron chi connectivity index (χ2n) is 8.09. The van der Waals surface area contributed by atoms with Gasteiger partial charge >= 0.3 is 0 Å². The molecule has 3 aromatic rings. The van der Waals surface area contributed by atoms with Crippen molar-refractivity contribution in [3.8, 4) is 0 Å². The Hall–Kier alpha value is -2.46. The number of carbonyl (C=O) groups is 1. The highest BCUT2D eigenvalue weighted by Gasteiger charge is 2.42. The Morgan fingerprint density at radius 2 is 1.91 bits per heavy atom. The van der Waals surface area contributed by atoms with Gasteiger partial charge in [-0.15, -0.1) is 0 Å². The van der Waals surface area contributed by atoms with E-state index in [0.29, 0.717) is 18.1 Å². The molecule has 166 valence electrons. The number of rotatable bonds is 6. The number of halogens is 1. The number of carbonyl (C=O) groups excluding carboxylic acids is 1. The molecule has 8 heteroatoms. The maximum atomic E-state index is 12.7. The van der Waals surface area contributed by atoms with E-state index in [9.17, 15) is 4.79 Å². The molecule has 6 nitrogen and oxygen atoms in total. The molecule has 32 heavy (non-hydrogen) atoms. The van der Waals surface area contributed by atoms with Crippen LogP contribution in [-0.4, -0.2) is 32.4 Å². The Morgan fingerprint density at radius 1 is 1.16 bits per heavy atom. The second kappa shape index (κ2) is 9.58. The van der Waals surface area contributed by atoms with Crippen LogP contribution in [0.5, 0.6) is 0 Å². The van der Waals surface area contributed by atoms with Gasteiger partial charge in [0.05, 0.1) is 17.8 Å². The lowest BCUT2D eigenvalue weighted by atomic mass is 9.96. The topological polar surface area (TPSA) is 73.1 Å². The van der Waals surface area contributed by atoms with Gasteiger partial charge in [-0.2, -0.15) is 0 Å². The molecule has 0 aliphatic carbocycles. The van der Waals surface area contributed by atoms with Crippen LogP contribution in [-0.2, 0) is 4.79 Å². The molecule has 0 saturated carbocycles. The molecule has 1 amide bonds. The molecule has 0 radical (unpaired) electrons. The summed E-state index contributed by atoms with van der Waals surface area (Å²) in [5, 5.41) is 7.08. The van der Waals surface area contributed by atoms with E-state index in [1.807, 2.05) is 49.4 Å². The summed E-state index contributed by atoms with van der Waals surface area (Å²) in [7, 11) is 0. The predicted molar refractivity (Wildman–Crippen MR) is 140 cm³/mol. The molecular weight excluding hydrogens is 533 g/mol. The Kier molecular flexibility index (Phi) is 6.80. The Morgan fingerprint density at radius 3 is 2.53 bits per heavy atom. The summed E-state index contributed by atoms with van der Waals surface area (Å²) in [6.07, 6.45) is 2.13. The van der Waals surface area contributed by atoms with Gasteiger partial charge in [-0.3, -0.25) is 9.78 Å². The summed E-state index contributed by atoms with van der Waals surface area (Å²) in [6.45, 7) is 6.70. The minimum Gasteiger partial charge on any atom is -0.362 e. The number of benzene rings is 1. The lowest BCUT2D eigenvalue weighted by Gasteiger charge is -2.28. The fraction of sp³-hybridized carbons (Fsp3) is 0.292. The third-order valence-corrected chi connectivity index (χ3v) is 7.50. The first kappa shape index (κ1) is 22.7. The lowest BCUT2D eigenvalue weighted by molar-refractivity contribution is -0.116. The quantitative estimate of drug-likeness (QED) is 0.295. The van der Waals surface area contributed by atoms with Gasteiger partial charge < -0.3 is 20.5 Å². The SMILES string of the molecule is Cc1ccc(NC(=O)CCN2C(=S)N[C@H](c3ccccn3)[C@H]2c2c(C)[nH]c(C)c2I)cc1. The maximum absolute atomic E-state index is 12.7. The molecule has 1 aromatic carbocycles. The number of pyridine rings is 1. The smallest absolute Gasteiger partial charge is 0.226 e. The molecule has 0 unspecified atom stereocenters. The minimum atomic E-state index is -0.0914. The van der Waals surface area contributed by atoms with E-state index in [-0.39, 0.29) is 18.0 Å². The third-order valence-electron chi connectivity index (χ3n) is 5.75. The molecule has 2 aromatic heterocycles. The van der Waals surface area contributed by atoms with Gasteiger partial charge in [-0.05, 0) is 79.8 Å². The highest BCUT2D eigenvalue weighted by Crippen LogP contribution is 2.42. The molecule has 3 N–H and O–H groups in total. The Labute approximate surface area is 207 Å². The van der Waals surface area contributed by atoms with Gasteiger partial charge in [0, 0.05) is 45.4 Å². The largest absolute Gasteiger partial charge is 0.362 e. The van der Waals surface area contributed by atoms with Crippen LogP contribution in [0.3, 0.4) is 0 Å². The minimum absolute atomic E-state index is 0.0339. The fourth-order valence-electron chi connectivity index (χ4n) is 4.16. The number of nitrogens with one attached hydrogen (secondary N) is 3. The summed E-state index contributed by atoms with van der Waals surface area (Å²) < 4.78 is 1.19. The zero-order valence-electron chi connectivity index (χ0n) is 18.3. The average Bonchev–Trinajstić information content (AvgIpc) is 3.23. The van der Waals surface area contributed by atoms with E-state index in [2.05, 4.69) is 61.9 Å².